The lowest BCUT2D eigenvalue weighted by Crippen LogP contribution is -2.53. The van der Waals surface area contributed by atoms with Gasteiger partial charge < -0.3 is 9.84 Å². The van der Waals surface area contributed by atoms with Gasteiger partial charge in [-0.25, -0.2) is 0 Å². The van der Waals surface area contributed by atoms with E-state index in [-0.39, 0.29) is 12.1 Å². The van der Waals surface area contributed by atoms with Crippen molar-refractivity contribution in [2.75, 3.05) is 32.8 Å². The highest BCUT2D eigenvalue weighted by Crippen LogP contribution is 2.33. The van der Waals surface area contributed by atoms with E-state index in [1.54, 1.807) is 0 Å². The van der Waals surface area contributed by atoms with E-state index in [1.165, 1.54) is 41.5 Å². The minimum Gasteiger partial charge on any atom is -0.390 e. The lowest BCUT2D eigenvalue weighted by molar-refractivity contribution is -0.0672. The maximum atomic E-state index is 9.52. The third-order valence-electron chi connectivity index (χ3n) is 8.06. The molecule has 0 spiro atoms. The molecule has 0 radical (unpaired) electrons. The van der Waals surface area contributed by atoms with Crippen LogP contribution in [0.3, 0.4) is 0 Å². The van der Waals surface area contributed by atoms with Gasteiger partial charge in [0.05, 0.1) is 24.3 Å². The van der Waals surface area contributed by atoms with Gasteiger partial charge in [0, 0.05) is 32.8 Å². The summed E-state index contributed by atoms with van der Waals surface area (Å²) < 4.78 is 5.99. The summed E-state index contributed by atoms with van der Waals surface area (Å²) in [6, 6.07) is 43.2. The summed E-state index contributed by atoms with van der Waals surface area (Å²) in [5, 5.41) is 9.52. The topological polar surface area (TPSA) is 35.9 Å². The molecule has 4 aromatic carbocycles. The van der Waals surface area contributed by atoms with Gasteiger partial charge >= 0.3 is 0 Å². The lowest BCUT2D eigenvalue weighted by atomic mass is 9.94. The van der Waals surface area contributed by atoms with Crippen LogP contribution in [0.4, 0.5) is 0 Å². The molecule has 0 atom stereocenters. The van der Waals surface area contributed by atoms with E-state index in [9.17, 15) is 5.11 Å². The number of aliphatic hydroxyl groups is 1. The number of likely N-dealkylation sites (tertiary alicyclic amines) is 2. The van der Waals surface area contributed by atoms with Crippen LogP contribution in [0.25, 0.3) is 0 Å². The fourth-order valence-electron chi connectivity index (χ4n) is 5.86. The summed E-state index contributed by atoms with van der Waals surface area (Å²) in [4.78, 5) is 4.84. The number of ether oxygens (including phenoxy) is 1. The van der Waals surface area contributed by atoms with Gasteiger partial charge in [0.15, 0.2) is 0 Å². The number of nitrogens with zero attached hydrogens (tertiary/aromatic N) is 2. The number of β-amino-alcohol motifs (C(OH)–C–C–N with tert-alkyl or cyclic N) is 1. The van der Waals surface area contributed by atoms with Crippen molar-refractivity contribution in [1.29, 1.82) is 0 Å². The molecule has 41 heavy (non-hydrogen) atoms. The quantitative estimate of drug-likeness (QED) is 0.203. The Morgan fingerprint density at radius 2 is 0.951 bits per heavy atom. The van der Waals surface area contributed by atoms with Crippen molar-refractivity contribution in [1.82, 2.24) is 9.80 Å². The van der Waals surface area contributed by atoms with Crippen LogP contribution in [0.15, 0.2) is 121 Å². The molecule has 214 valence electrons. The Bertz CT molecular complexity index is 1180. The molecule has 4 nitrogen and oxygen atoms in total. The molecule has 0 aromatic heterocycles. The fraction of sp³-hybridized carbons (Fsp3) is 0.351. The van der Waals surface area contributed by atoms with Gasteiger partial charge in [0.1, 0.15) is 0 Å². The molecular formula is C37H44N2O2. The third-order valence-corrected chi connectivity index (χ3v) is 8.06. The second-order valence-corrected chi connectivity index (χ2v) is 11.2. The monoisotopic (exact) mass is 548 g/mol. The van der Waals surface area contributed by atoms with E-state index in [0.29, 0.717) is 12.1 Å². The van der Waals surface area contributed by atoms with Gasteiger partial charge in [-0.2, -0.15) is 0 Å². The fourth-order valence-corrected chi connectivity index (χ4v) is 5.86. The SMILES string of the molecule is CCCCCOC1CN(C(c2ccccc2)c2ccccc2)C1.OC1CN(C(c2ccccc2)c2ccccc2)C1. The van der Waals surface area contributed by atoms with Crippen molar-refractivity contribution in [3.05, 3.63) is 144 Å². The van der Waals surface area contributed by atoms with E-state index < -0.39 is 0 Å². The highest BCUT2D eigenvalue weighted by molar-refractivity contribution is 5.33. The van der Waals surface area contributed by atoms with E-state index in [2.05, 4.69) is 126 Å². The predicted molar refractivity (Wildman–Crippen MR) is 168 cm³/mol. The van der Waals surface area contributed by atoms with Crippen molar-refractivity contribution in [3.8, 4) is 0 Å². The van der Waals surface area contributed by atoms with Crippen LogP contribution in [0.1, 0.15) is 60.5 Å². The van der Waals surface area contributed by atoms with Gasteiger partial charge in [-0.3, -0.25) is 9.80 Å². The zero-order valence-corrected chi connectivity index (χ0v) is 24.3. The molecule has 4 heteroatoms. The number of rotatable bonds is 11. The molecule has 0 saturated carbocycles. The van der Waals surface area contributed by atoms with Gasteiger partial charge in [-0.1, -0.05) is 141 Å². The Labute approximate surface area is 246 Å². The molecule has 2 saturated heterocycles. The molecule has 2 aliphatic heterocycles. The van der Waals surface area contributed by atoms with E-state index >= 15 is 0 Å². The average Bonchev–Trinajstić information content (AvgIpc) is 2.99. The Kier molecular flexibility index (Phi) is 10.8. The molecule has 2 aliphatic rings. The molecule has 2 heterocycles. The zero-order chi connectivity index (χ0) is 28.3. The van der Waals surface area contributed by atoms with Gasteiger partial charge in [-0.15, -0.1) is 0 Å². The van der Waals surface area contributed by atoms with Crippen molar-refractivity contribution in [2.45, 2.75) is 50.5 Å². The first-order valence-electron chi connectivity index (χ1n) is 15.2. The Morgan fingerprint density at radius 1 is 0.585 bits per heavy atom. The highest BCUT2D eigenvalue weighted by Gasteiger charge is 2.34. The molecular weight excluding hydrogens is 504 g/mol. The van der Waals surface area contributed by atoms with Gasteiger partial charge in [-0.05, 0) is 28.7 Å². The van der Waals surface area contributed by atoms with Crippen LogP contribution in [0.2, 0.25) is 0 Å². The van der Waals surface area contributed by atoms with Crippen molar-refractivity contribution in [2.24, 2.45) is 0 Å². The minimum atomic E-state index is -0.167. The molecule has 0 bridgehead atoms. The van der Waals surface area contributed by atoms with Crippen molar-refractivity contribution >= 4 is 0 Å². The van der Waals surface area contributed by atoms with Crippen LogP contribution in [0, 0.1) is 0 Å². The lowest BCUT2D eigenvalue weighted by Gasteiger charge is -2.44. The maximum Gasteiger partial charge on any atom is 0.0829 e. The standard InChI is InChI=1S/C21H27NO.C16H17NO/c1-2-3-10-15-23-20-16-22(17-20)21(18-11-6-4-7-12-18)19-13-8-5-9-14-19;18-15-11-17(12-15)16(13-7-3-1-4-8-13)14-9-5-2-6-10-14/h4-9,11-14,20-21H,2-3,10,15-17H2,1H3;1-10,15-16,18H,11-12H2. The Morgan fingerprint density at radius 3 is 1.29 bits per heavy atom. The first-order valence-corrected chi connectivity index (χ1v) is 15.2. The van der Waals surface area contributed by atoms with E-state index in [0.717, 1.165) is 32.8 Å². The second-order valence-electron chi connectivity index (χ2n) is 11.2. The molecule has 4 aromatic rings. The molecule has 1 N–H and O–H groups in total. The van der Waals surface area contributed by atoms with Crippen LogP contribution in [-0.4, -0.2) is 59.9 Å². The zero-order valence-electron chi connectivity index (χ0n) is 24.3. The van der Waals surface area contributed by atoms with Crippen LogP contribution >= 0.6 is 0 Å². The Hall–Kier alpha value is -3.28. The van der Waals surface area contributed by atoms with Gasteiger partial charge in [0.25, 0.3) is 0 Å². The third kappa shape index (κ3) is 7.93. The normalized spacial score (nSPS) is 16.2. The summed E-state index contributed by atoms with van der Waals surface area (Å²) in [5.74, 6) is 0. The highest BCUT2D eigenvalue weighted by atomic mass is 16.5. The number of unbranched alkanes of at least 4 members (excludes halogenated alkanes) is 2. The Balaban J connectivity index is 0.000000169. The molecule has 2 fully saturated rings. The average molecular weight is 549 g/mol. The van der Waals surface area contributed by atoms with Crippen molar-refractivity contribution in [3.63, 3.8) is 0 Å². The molecule has 0 aliphatic carbocycles. The first-order chi connectivity index (χ1) is 20.2. The van der Waals surface area contributed by atoms with Crippen LogP contribution in [0.5, 0.6) is 0 Å². The summed E-state index contributed by atoms with van der Waals surface area (Å²) in [6.07, 6.45) is 3.95. The van der Waals surface area contributed by atoms with Gasteiger partial charge in [0.2, 0.25) is 0 Å². The molecule has 0 unspecified atom stereocenters. The van der Waals surface area contributed by atoms with Crippen molar-refractivity contribution < 1.29 is 9.84 Å². The predicted octanol–water partition coefficient (Wildman–Crippen LogP) is 7.12. The summed E-state index contributed by atoms with van der Waals surface area (Å²) in [6.45, 7) is 6.72. The number of hydrogen-bond acceptors (Lipinski definition) is 4. The largest absolute Gasteiger partial charge is 0.390 e. The molecule has 6 rings (SSSR count). The smallest absolute Gasteiger partial charge is 0.0829 e. The minimum absolute atomic E-state index is 0.167. The summed E-state index contributed by atoms with van der Waals surface area (Å²) >= 11 is 0. The summed E-state index contributed by atoms with van der Waals surface area (Å²) in [5.41, 5.74) is 5.30. The van der Waals surface area contributed by atoms with E-state index in [1.807, 2.05) is 12.1 Å². The number of benzene rings is 4. The first kappa shape index (κ1) is 29.2. The number of hydrogen-bond donors (Lipinski definition) is 1. The van der Waals surface area contributed by atoms with E-state index in [4.69, 9.17) is 4.74 Å². The number of aliphatic hydroxyl groups excluding tert-OH is 1. The maximum absolute atomic E-state index is 9.52. The molecule has 0 amide bonds. The summed E-state index contributed by atoms with van der Waals surface area (Å²) in [7, 11) is 0. The van der Waals surface area contributed by atoms with Crippen LogP contribution in [-0.2, 0) is 4.74 Å². The second kappa shape index (κ2) is 15.1. The van der Waals surface area contributed by atoms with Crippen LogP contribution < -0.4 is 0 Å².